The molecule has 0 saturated carbocycles. The molecule has 0 bridgehead atoms. The molecule has 1 saturated heterocycles. The minimum absolute atomic E-state index is 0.146. The topological polar surface area (TPSA) is 192 Å². The van der Waals surface area contributed by atoms with Gasteiger partial charge in [-0.05, 0) is 60.9 Å². The minimum Gasteiger partial charge on any atom is -0.464 e. The Hall–Kier alpha value is -4.04. The van der Waals surface area contributed by atoms with E-state index in [0.717, 1.165) is 12.0 Å². The van der Waals surface area contributed by atoms with Gasteiger partial charge < -0.3 is 29.2 Å². The maximum Gasteiger partial charge on any atom is 0.459 e. The molecule has 0 spiro atoms. The second kappa shape index (κ2) is 17.0. The van der Waals surface area contributed by atoms with Gasteiger partial charge in [0.15, 0.2) is 18.0 Å². The van der Waals surface area contributed by atoms with Crippen molar-refractivity contribution in [1.29, 1.82) is 0 Å². The van der Waals surface area contributed by atoms with Crippen molar-refractivity contribution in [1.82, 2.24) is 19.7 Å². The standard InChI is InChI=1S/C39H58N5O10P/c1-13-38(10,11)21-49-36(47)25(6)43-55(48,54-27-16-14-26(15-17-27)37(7,8)9)50-20-29-31(51-34(45)23(2)3)32(52-35(46)24(4)5)39(12,53-29)30-19-18-28-33(40)41-22-42-44(28)30/h14-19,22-25,29,31-32H,13,20-21H2,1-12H3,(H,43,48)(H2,40,41,42)/t25-,29+,31+,32+,39-,55?/m0/s1. The Labute approximate surface area is 323 Å². The molecule has 0 amide bonds. The summed E-state index contributed by atoms with van der Waals surface area (Å²) in [4.78, 5) is 43.7. The average molecular weight is 788 g/mol. The number of nitrogens with two attached hydrogens (primary N) is 1. The van der Waals surface area contributed by atoms with E-state index >= 15 is 0 Å². The Morgan fingerprint density at radius 3 is 2.16 bits per heavy atom. The molecule has 0 aliphatic carbocycles. The van der Waals surface area contributed by atoms with E-state index in [4.69, 9.17) is 33.7 Å². The second-order valence-corrected chi connectivity index (χ2v) is 18.3. The van der Waals surface area contributed by atoms with E-state index in [1.54, 1.807) is 58.9 Å². The van der Waals surface area contributed by atoms with Gasteiger partial charge in [-0.25, -0.2) is 14.1 Å². The summed E-state index contributed by atoms with van der Waals surface area (Å²) < 4.78 is 52.7. The number of benzene rings is 1. The van der Waals surface area contributed by atoms with E-state index in [9.17, 15) is 18.9 Å². The zero-order valence-corrected chi connectivity index (χ0v) is 35.0. The van der Waals surface area contributed by atoms with E-state index in [1.165, 1.54) is 17.8 Å². The number of carbonyl (C=O) groups excluding carboxylic acids is 3. The van der Waals surface area contributed by atoms with E-state index in [2.05, 4.69) is 35.9 Å². The maximum absolute atomic E-state index is 14.7. The van der Waals surface area contributed by atoms with Crippen molar-refractivity contribution in [2.45, 2.75) is 125 Å². The summed E-state index contributed by atoms with van der Waals surface area (Å²) in [6, 6.07) is 9.28. The summed E-state index contributed by atoms with van der Waals surface area (Å²) in [6.45, 7) is 21.6. The number of anilines is 1. The quantitative estimate of drug-likeness (QED) is 0.0906. The number of hydrogen-bond donors (Lipinski definition) is 2. The van der Waals surface area contributed by atoms with Crippen LogP contribution in [0.25, 0.3) is 5.52 Å². The third kappa shape index (κ3) is 10.4. The molecule has 1 aliphatic rings. The monoisotopic (exact) mass is 787 g/mol. The predicted molar refractivity (Wildman–Crippen MR) is 206 cm³/mol. The van der Waals surface area contributed by atoms with Crippen LogP contribution in [0.15, 0.2) is 42.7 Å². The molecule has 15 nitrogen and oxygen atoms in total. The van der Waals surface area contributed by atoms with E-state index in [-0.39, 0.29) is 29.0 Å². The van der Waals surface area contributed by atoms with Crippen molar-refractivity contribution in [3.05, 3.63) is 54.0 Å². The van der Waals surface area contributed by atoms with Crippen LogP contribution in [-0.4, -0.2) is 70.1 Å². The summed E-state index contributed by atoms with van der Waals surface area (Å²) in [7, 11) is -4.44. The molecule has 1 aliphatic heterocycles. The summed E-state index contributed by atoms with van der Waals surface area (Å²) in [5.74, 6) is -2.53. The van der Waals surface area contributed by atoms with Crippen LogP contribution < -0.4 is 15.3 Å². The first-order chi connectivity index (χ1) is 25.5. The lowest BCUT2D eigenvalue weighted by molar-refractivity contribution is -0.175. The average Bonchev–Trinajstić information content (AvgIpc) is 3.66. The number of aromatic nitrogens is 3. The fourth-order valence-corrected chi connectivity index (χ4v) is 7.17. The van der Waals surface area contributed by atoms with Crippen LogP contribution in [0.2, 0.25) is 0 Å². The summed E-state index contributed by atoms with van der Waals surface area (Å²) >= 11 is 0. The van der Waals surface area contributed by atoms with E-state index in [1.807, 2.05) is 32.9 Å². The highest BCUT2D eigenvalue weighted by atomic mass is 31.2. The van der Waals surface area contributed by atoms with Gasteiger partial charge in [0.2, 0.25) is 0 Å². The van der Waals surface area contributed by atoms with Crippen LogP contribution in [0.3, 0.4) is 0 Å². The summed E-state index contributed by atoms with van der Waals surface area (Å²) in [5.41, 5.74) is 6.09. The zero-order valence-electron chi connectivity index (χ0n) is 34.1. The van der Waals surface area contributed by atoms with Crippen LogP contribution in [0.4, 0.5) is 5.82 Å². The highest BCUT2D eigenvalue weighted by molar-refractivity contribution is 7.52. The molecule has 2 aromatic heterocycles. The Morgan fingerprint density at radius 1 is 0.964 bits per heavy atom. The smallest absolute Gasteiger partial charge is 0.459 e. The number of nitrogen functional groups attached to an aromatic ring is 1. The number of nitrogens with zero attached hydrogens (tertiary/aromatic N) is 3. The van der Waals surface area contributed by atoms with Gasteiger partial charge in [0.1, 0.15) is 35.3 Å². The number of hydrogen-bond acceptors (Lipinski definition) is 13. The largest absolute Gasteiger partial charge is 0.464 e. The maximum atomic E-state index is 14.7. The first kappa shape index (κ1) is 43.7. The van der Waals surface area contributed by atoms with Crippen LogP contribution in [0, 0.1) is 17.3 Å². The number of carbonyl (C=O) groups is 3. The van der Waals surface area contributed by atoms with Crippen molar-refractivity contribution in [3.63, 3.8) is 0 Å². The Balaban J connectivity index is 1.74. The van der Waals surface area contributed by atoms with Crippen LogP contribution in [0.5, 0.6) is 5.75 Å². The highest BCUT2D eigenvalue weighted by Gasteiger charge is 2.59. The Morgan fingerprint density at radius 2 is 1.58 bits per heavy atom. The van der Waals surface area contributed by atoms with E-state index < -0.39 is 74.1 Å². The van der Waals surface area contributed by atoms with Gasteiger partial charge in [0.05, 0.1) is 30.7 Å². The third-order valence-corrected chi connectivity index (χ3v) is 11.3. The van der Waals surface area contributed by atoms with Crippen molar-refractivity contribution >= 4 is 37.0 Å². The molecule has 1 fully saturated rings. The number of esters is 3. The fourth-order valence-electron chi connectivity index (χ4n) is 5.67. The van der Waals surface area contributed by atoms with Crippen molar-refractivity contribution in [2.75, 3.05) is 18.9 Å². The summed E-state index contributed by atoms with van der Waals surface area (Å²) in [6.07, 6.45) is -1.63. The van der Waals surface area contributed by atoms with E-state index in [0.29, 0.717) is 11.2 Å². The number of nitrogens with one attached hydrogen (secondary N) is 1. The van der Waals surface area contributed by atoms with Gasteiger partial charge in [-0.2, -0.15) is 10.2 Å². The molecule has 6 atom stereocenters. The first-order valence-corrected chi connectivity index (χ1v) is 20.2. The first-order valence-electron chi connectivity index (χ1n) is 18.7. The molecule has 1 unspecified atom stereocenters. The molecule has 4 rings (SSSR count). The minimum atomic E-state index is -4.44. The molecule has 0 radical (unpaired) electrons. The van der Waals surface area contributed by atoms with Crippen LogP contribution in [0.1, 0.15) is 101 Å². The number of ether oxygens (including phenoxy) is 4. The molecule has 55 heavy (non-hydrogen) atoms. The summed E-state index contributed by atoms with van der Waals surface area (Å²) in [5, 5.41) is 7.09. The Bertz CT molecular complexity index is 1870. The number of fused-ring (bicyclic) bond motifs is 1. The Kier molecular flexibility index (Phi) is 13.5. The molecular weight excluding hydrogens is 729 g/mol. The lowest BCUT2D eigenvalue weighted by Gasteiger charge is -2.31. The van der Waals surface area contributed by atoms with Crippen molar-refractivity contribution in [3.8, 4) is 5.75 Å². The molecular formula is C39H58N5O10P. The zero-order chi connectivity index (χ0) is 41.1. The normalized spacial score (nSPS) is 22.0. The molecule has 16 heteroatoms. The molecule has 3 N–H and O–H groups in total. The second-order valence-electron chi connectivity index (χ2n) is 16.6. The van der Waals surface area contributed by atoms with Gasteiger partial charge >= 0.3 is 25.7 Å². The molecule has 3 heterocycles. The lowest BCUT2D eigenvalue weighted by atomic mass is 9.87. The number of rotatable bonds is 16. The van der Waals surface area contributed by atoms with Gasteiger partial charge in [-0.3, -0.25) is 18.9 Å². The van der Waals surface area contributed by atoms with Gasteiger partial charge in [-0.15, -0.1) is 0 Å². The van der Waals surface area contributed by atoms with Crippen molar-refractivity contribution < 1.29 is 46.9 Å². The van der Waals surface area contributed by atoms with Crippen LogP contribution >= 0.6 is 7.75 Å². The van der Waals surface area contributed by atoms with Crippen molar-refractivity contribution in [2.24, 2.45) is 17.3 Å². The van der Waals surface area contributed by atoms with Gasteiger partial charge in [-0.1, -0.05) is 81.4 Å². The fraction of sp³-hybridized carbons (Fsp3) is 0.615. The van der Waals surface area contributed by atoms with Gasteiger partial charge in [0.25, 0.3) is 0 Å². The molecule has 1 aromatic carbocycles. The van der Waals surface area contributed by atoms with Crippen LogP contribution in [-0.2, 0) is 53.4 Å². The molecule has 304 valence electrons. The molecule has 3 aromatic rings. The predicted octanol–water partition coefficient (Wildman–Crippen LogP) is 6.52. The van der Waals surface area contributed by atoms with Gasteiger partial charge in [0, 0.05) is 0 Å². The third-order valence-electron chi connectivity index (χ3n) is 9.65. The lowest BCUT2D eigenvalue weighted by Crippen LogP contribution is -2.46. The SMILES string of the molecule is CCC(C)(C)COC(=O)[C@H](C)NP(=O)(OC[C@H]1O[C@@](C)(c2ccc3c(N)ncnn23)[C@H](OC(=O)C(C)C)[C@@H]1OC(=O)C(C)C)Oc1ccc(C(C)(C)C)cc1. The highest BCUT2D eigenvalue weighted by Crippen LogP contribution is 2.49.